The summed E-state index contributed by atoms with van der Waals surface area (Å²) in [6.07, 6.45) is 2.25. The molecule has 0 amide bonds. The molecule has 0 saturated heterocycles. The van der Waals surface area contributed by atoms with Crippen LogP contribution in [0.4, 0.5) is 0 Å². The maximum Gasteiger partial charge on any atom is 0.122 e. The Balaban J connectivity index is 1.87. The molecule has 19 heavy (non-hydrogen) atoms. The van der Waals surface area contributed by atoms with Gasteiger partial charge in [0.2, 0.25) is 0 Å². The molecule has 0 heterocycles. The average molecular weight is 256 g/mol. The molecule has 100 valence electrons. The van der Waals surface area contributed by atoms with Gasteiger partial charge in [-0.15, -0.1) is 0 Å². The van der Waals surface area contributed by atoms with Gasteiger partial charge >= 0.3 is 0 Å². The highest BCUT2D eigenvalue weighted by Crippen LogP contribution is 2.23. The highest BCUT2D eigenvalue weighted by molar-refractivity contribution is 5.33. The fourth-order valence-corrected chi connectivity index (χ4v) is 2.24. The lowest BCUT2D eigenvalue weighted by atomic mass is 10.0. The van der Waals surface area contributed by atoms with E-state index in [1.165, 1.54) is 5.56 Å². The summed E-state index contributed by atoms with van der Waals surface area (Å²) in [5, 5.41) is 10.1. The standard InChI is InChI=1S/C17H20O2/c1-19-17-13-6-5-10-15(17)11-7-12-16(18)14-8-3-2-4-9-14/h2-6,8-10,13,16,18H,7,11-12H2,1H3. The third-order valence-electron chi connectivity index (χ3n) is 3.30. The summed E-state index contributed by atoms with van der Waals surface area (Å²) in [5.74, 6) is 0.928. The van der Waals surface area contributed by atoms with E-state index >= 15 is 0 Å². The Hall–Kier alpha value is -1.80. The first-order valence-electron chi connectivity index (χ1n) is 6.66. The van der Waals surface area contributed by atoms with Crippen LogP contribution in [0.2, 0.25) is 0 Å². The quantitative estimate of drug-likeness (QED) is 0.853. The number of aliphatic hydroxyl groups is 1. The fraction of sp³-hybridized carbons (Fsp3) is 0.294. The van der Waals surface area contributed by atoms with Crippen LogP contribution < -0.4 is 4.74 Å². The third kappa shape index (κ3) is 3.83. The summed E-state index contributed by atoms with van der Waals surface area (Å²) in [5.41, 5.74) is 2.19. The summed E-state index contributed by atoms with van der Waals surface area (Å²) >= 11 is 0. The van der Waals surface area contributed by atoms with E-state index in [2.05, 4.69) is 6.07 Å². The lowest BCUT2D eigenvalue weighted by Gasteiger charge is -2.12. The van der Waals surface area contributed by atoms with Gasteiger partial charge in [0.05, 0.1) is 13.2 Å². The van der Waals surface area contributed by atoms with E-state index in [0.29, 0.717) is 0 Å². The third-order valence-corrected chi connectivity index (χ3v) is 3.30. The average Bonchev–Trinajstić information content (AvgIpc) is 2.48. The predicted octanol–water partition coefficient (Wildman–Crippen LogP) is 3.75. The number of benzene rings is 2. The highest BCUT2D eigenvalue weighted by Gasteiger charge is 2.07. The Labute approximate surface area is 114 Å². The summed E-state index contributed by atoms with van der Waals surface area (Å²) < 4.78 is 5.32. The van der Waals surface area contributed by atoms with Gasteiger partial charge in [-0.1, -0.05) is 48.5 Å². The van der Waals surface area contributed by atoms with Gasteiger partial charge in [0.15, 0.2) is 0 Å². The molecule has 0 aliphatic carbocycles. The second kappa shape index (κ2) is 6.95. The summed E-state index contributed by atoms with van der Waals surface area (Å²) in [6.45, 7) is 0. The van der Waals surface area contributed by atoms with Gasteiger partial charge in [0.1, 0.15) is 5.75 Å². The maximum absolute atomic E-state index is 10.1. The lowest BCUT2D eigenvalue weighted by Crippen LogP contribution is -1.99. The largest absolute Gasteiger partial charge is 0.496 e. The zero-order valence-electron chi connectivity index (χ0n) is 11.3. The van der Waals surface area contributed by atoms with Gasteiger partial charge in [-0.05, 0) is 36.5 Å². The minimum absolute atomic E-state index is 0.379. The van der Waals surface area contributed by atoms with Crippen LogP contribution in [-0.4, -0.2) is 12.2 Å². The minimum Gasteiger partial charge on any atom is -0.496 e. The first-order chi connectivity index (χ1) is 9.31. The maximum atomic E-state index is 10.1. The van der Waals surface area contributed by atoms with Gasteiger partial charge in [-0.3, -0.25) is 0 Å². The monoisotopic (exact) mass is 256 g/mol. The van der Waals surface area contributed by atoms with Crippen LogP contribution in [0.1, 0.15) is 30.1 Å². The van der Waals surface area contributed by atoms with Crippen molar-refractivity contribution in [1.29, 1.82) is 0 Å². The lowest BCUT2D eigenvalue weighted by molar-refractivity contribution is 0.164. The van der Waals surface area contributed by atoms with Gasteiger partial charge in [-0.2, -0.15) is 0 Å². The van der Waals surface area contributed by atoms with Gasteiger partial charge in [0.25, 0.3) is 0 Å². The molecule has 1 N–H and O–H groups in total. The summed E-state index contributed by atoms with van der Waals surface area (Å²) in [4.78, 5) is 0. The van der Waals surface area contributed by atoms with Crippen LogP contribution in [0, 0.1) is 0 Å². The van der Waals surface area contributed by atoms with Crippen molar-refractivity contribution in [1.82, 2.24) is 0 Å². The van der Waals surface area contributed by atoms with Crippen LogP contribution in [0.25, 0.3) is 0 Å². The molecule has 2 heteroatoms. The molecule has 2 aromatic carbocycles. The van der Waals surface area contributed by atoms with E-state index in [-0.39, 0.29) is 6.10 Å². The number of rotatable bonds is 6. The molecule has 2 rings (SSSR count). The van der Waals surface area contributed by atoms with E-state index in [1.807, 2.05) is 48.5 Å². The number of hydrogen-bond acceptors (Lipinski definition) is 2. The molecule has 0 bridgehead atoms. The van der Waals surface area contributed by atoms with Gasteiger partial charge < -0.3 is 9.84 Å². The van der Waals surface area contributed by atoms with Crippen molar-refractivity contribution in [2.75, 3.05) is 7.11 Å². The van der Waals surface area contributed by atoms with E-state index in [4.69, 9.17) is 4.74 Å². The summed E-state index contributed by atoms with van der Waals surface area (Å²) in [7, 11) is 1.69. The van der Waals surface area contributed by atoms with Crippen molar-refractivity contribution in [3.05, 3.63) is 65.7 Å². The number of ether oxygens (including phenoxy) is 1. The van der Waals surface area contributed by atoms with Crippen molar-refractivity contribution in [2.24, 2.45) is 0 Å². The molecule has 1 atom stereocenters. The zero-order valence-corrected chi connectivity index (χ0v) is 11.3. The fourth-order valence-electron chi connectivity index (χ4n) is 2.24. The second-order valence-corrected chi connectivity index (χ2v) is 4.63. The number of aryl methyl sites for hydroxylation is 1. The molecular weight excluding hydrogens is 236 g/mol. The SMILES string of the molecule is COc1ccccc1CCCC(O)c1ccccc1. The second-order valence-electron chi connectivity index (χ2n) is 4.63. The molecule has 0 aromatic heterocycles. The Kier molecular flexibility index (Phi) is 4.99. The smallest absolute Gasteiger partial charge is 0.122 e. The van der Waals surface area contributed by atoms with Crippen molar-refractivity contribution in [3.8, 4) is 5.75 Å². The Morgan fingerprint density at radius 1 is 1.00 bits per heavy atom. The Morgan fingerprint density at radius 3 is 2.42 bits per heavy atom. The van der Waals surface area contributed by atoms with E-state index in [0.717, 1.165) is 30.6 Å². The summed E-state index contributed by atoms with van der Waals surface area (Å²) in [6, 6.07) is 17.9. The van der Waals surface area contributed by atoms with Gasteiger partial charge in [-0.25, -0.2) is 0 Å². The highest BCUT2D eigenvalue weighted by atomic mass is 16.5. The normalized spacial score (nSPS) is 12.1. The molecular formula is C17H20O2. The zero-order chi connectivity index (χ0) is 13.5. The number of para-hydroxylation sites is 1. The molecule has 2 nitrogen and oxygen atoms in total. The molecule has 0 fully saturated rings. The van der Waals surface area contributed by atoms with Crippen LogP contribution in [0.5, 0.6) is 5.75 Å². The number of aliphatic hydroxyl groups excluding tert-OH is 1. The van der Waals surface area contributed by atoms with E-state index < -0.39 is 0 Å². The Bertz CT molecular complexity index is 494. The predicted molar refractivity (Wildman–Crippen MR) is 77.3 cm³/mol. The molecule has 0 saturated carbocycles. The van der Waals surface area contributed by atoms with Gasteiger partial charge in [0, 0.05) is 0 Å². The first-order valence-corrected chi connectivity index (χ1v) is 6.66. The minimum atomic E-state index is -0.379. The van der Waals surface area contributed by atoms with Crippen molar-refractivity contribution in [2.45, 2.75) is 25.4 Å². The number of hydrogen-bond donors (Lipinski definition) is 1. The molecule has 2 aromatic rings. The van der Waals surface area contributed by atoms with Crippen LogP contribution in [0.15, 0.2) is 54.6 Å². The number of methoxy groups -OCH3 is 1. The topological polar surface area (TPSA) is 29.5 Å². The van der Waals surface area contributed by atoms with Crippen molar-refractivity contribution >= 4 is 0 Å². The first kappa shape index (κ1) is 13.6. The van der Waals surface area contributed by atoms with Crippen LogP contribution >= 0.6 is 0 Å². The molecule has 0 spiro atoms. The van der Waals surface area contributed by atoms with E-state index in [9.17, 15) is 5.11 Å². The Morgan fingerprint density at radius 2 is 1.68 bits per heavy atom. The molecule has 0 aliphatic rings. The van der Waals surface area contributed by atoms with Crippen LogP contribution in [0.3, 0.4) is 0 Å². The van der Waals surface area contributed by atoms with Crippen LogP contribution in [-0.2, 0) is 6.42 Å². The van der Waals surface area contributed by atoms with Crippen molar-refractivity contribution in [3.63, 3.8) is 0 Å². The molecule has 0 aliphatic heterocycles. The molecule has 1 unspecified atom stereocenters. The van der Waals surface area contributed by atoms with E-state index in [1.54, 1.807) is 7.11 Å². The molecule has 0 radical (unpaired) electrons. The van der Waals surface area contributed by atoms with Crippen molar-refractivity contribution < 1.29 is 9.84 Å².